The third-order valence-corrected chi connectivity index (χ3v) is 1.60. The molecule has 0 atom stereocenters. The molecule has 0 spiro atoms. The van der Waals surface area contributed by atoms with E-state index in [1.54, 1.807) is 0 Å². The smallest absolute Gasteiger partial charge is 0.0273 e. The maximum absolute atomic E-state index is 3.91. The molecule has 0 aromatic heterocycles. The minimum absolute atomic E-state index is 1.11. The Morgan fingerprint density at radius 3 is 2.70 bits per heavy atom. The van der Waals surface area contributed by atoms with Gasteiger partial charge >= 0.3 is 0 Å². The summed E-state index contributed by atoms with van der Waals surface area (Å²) in [5.74, 6) is 0. The van der Waals surface area contributed by atoms with Crippen LogP contribution < -0.4 is 0 Å². The van der Waals surface area contributed by atoms with Crippen LogP contribution in [0.3, 0.4) is 0 Å². The van der Waals surface area contributed by atoms with Gasteiger partial charge in [-0.05, 0) is 39.2 Å². The van der Waals surface area contributed by atoms with Crippen molar-refractivity contribution in [3.05, 3.63) is 0 Å². The first kappa shape index (κ1) is 9.63. The molecule has 0 aromatic rings. The lowest BCUT2D eigenvalue weighted by Crippen LogP contribution is -2.18. The molecular weight excluding hydrogens is 124 g/mol. The molecule has 0 N–H and O–H groups in total. The van der Waals surface area contributed by atoms with Crippen LogP contribution in [0.1, 0.15) is 19.8 Å². The molecule has 0 rings (SSSR count). The van der Waals surface area contributed by atoms with Crippen molar-refractivity contribution < 1.29 is 0 Å². The van der Waals surface area contributed by atoms with Crippen LogP contribution >= 0.6 is 0 Å². The Kier molecular flexibility index (Phi) is 6.50. The summed E-state index contributed by atoms with van der Waals surface area (Å²) in [6.07, 6.45) is 4.31. The number of rotatable bonds is 5. The maximum atomic E-state index is 3.91. The van der Waals surface area contributed by atoms with E-state index in [0.29, 0.717) is 0 Å². The Morgan fingerprint density at radius 1 is 1.50 bits per heavy atom. The topological polar surface area (TPSA) is 15.6 Å². The lowest BCUT2D eigenvalue weighted by Gasteiger charge is -2.11. The Labute approximate surface area is 63.9 Å². The van der Waals surface area contributed by atoms with E-state index in [4.69, 9.17) is 0 Å². The van der Waals surface area contributed by atoms with Gasteiger partial charge in [-0.3, -0.25) is 0 Å². The van der Waals surface area contributed by atoms with E-state index in [0.717, 1.165) is 13.0 Å². The molecule has 0 aliphatic carbocycles. The zero-order chi connectivity index (χ0) is 7.82. The number of hydrogen-bond donors (Lipinski definition) is 0. The largest absolute Gasteiger partial charge is 0.307 e. The van der Waals surface area contributed by atoms with E-state index in [2.05, 4.69) is 23.9 Å². The van der Waals surface area contributed by atoms with Crippen LogP contribution in [0.15, 0.2) is 4.99 Å². The summed E-state index contributed by atoms with van der Waals surface area (Å²) in [5, 5.41) is 0. The third kappa shape index (κ3) is 5.76. The highest BCUT2D eigenvalue weighted by molar-refractivity contribution is 5.56. The van der Waals surface area contributed by atoms with Gasteiger partial charge in [0.25, 0.3) is 0 Å². The van der Waals surface area contributed by atoms with Gasteiger partial charge in [0, 0.05) is 7.05 Å². The molecule has 2 nitrogen and oxygen atoms in total. The van der Waals surface area contributed by atoms with Crippen LogP contribution in [0.25, 0.3) is 0 Å². The molecule has 0 aliphatic heterocycles. The monoisotopic (exact) mass is 142 g/mol. The van der Waals surface area contributed by atoms with E-state index in [1.165, 1.54) is 13.0 Å². The average Bonchev–Trinajstić information content (AvgIpc) is 1.98. The number of hydrogen-bond acceptors (Lipinski definition) is 2. The van der Waals surface area contributed by atoms with Gasteiger partial charge in [-0.25, -0.2) is 0 Å². The van der Waals surface area contributed by atoms with Crippen molar-refractivity contribution in [2.75, 3.05) is 27.2 Å². The second-order valence-corrected chi connectivity index (χ2v) is 2.48. The van der Waals surface area contributed by atoms with Crippen LogP contribution in [0, 0.1) is 0 Å². The molecule has 0 aliphatic rings. The summed E-state index contributed by atoms with van der Waals surface area (Å²) in [6.45, 7) is 4.50. The lowest BCUT2D eigenvalue weighted by atomic mass is 10.3. The zero-order valence-electron chi connectivity index (χ0n) is 7.30. The van der Waals surface area contributed by atoms with E-state index < -0.39 is 0 Å². The summed E-state index contributed by atoms with van der Waals surface area (Å²) >= 11 is 0. The molecule has 2 heteroatoms. The first-order valence-corrected chi connectivity index (χ1v) is 3.90. The third-order valence-electron chi connectivity index (χ3n) is 1.60. The Morgan fingerprint density at radius 2 is 2.20 bits per heavy atom. The molecule has 60 valence electrons. The molecule has 0 bridgehead atoms. The second kappa shape index (κ2) is 6.75. The van der Waals surface area contributed by atoms with E-state index in [9.17, 15) is 0 Å². The molecule has 0 saturated heterocycles. The van der Waals surface area contributed by atoms with Crippen molar-refractivity contribution in [3.63, 3.8) is 0 Å². The summed E-state index contributed by atoms with van der Waals surface area (Å²) in [6, 6.07) is 0. The van der Waals surface area contributed by atoms with Gasteiger partial charge in [-0.2, -0.15) is 0 Å². The first-order valence-electron chi connectivity index (χ1n) is 3.90. The summed E-state index contributed by atoms with van der Waals surface area (Å²) < 4.78 is 0. The van der Waals surface area contributed by atoms with Crippen LogP contribution in [-0.4, -0.2) is 38.3 Å². The highest BCUT2D eigenvalue weighted by atomic mass is 15.1. The quantitative estimate of drug-likeness (QED) is 0.418. The Bertz CT molecular complexity index is 89.3. The minimum Gasteiger partial charge on any atom is -0.307 e. The van der Waals surface area contributed by atoms with Crippen molar-refractivity contribution in [1.29, 1.82) is 0 Å². The van der Waals surface area contributed by atoms with Crippen LogP contribution in [0.2, 0.25) is 0 Å². The van der Waals surface area contributed by atoms with Gasteiger partial charge in [0.05, 0.1) is 0 Å². The van der Waals surface area contributed by atoms with E-state index in [-0.39, 0.29) is 0 Å². The highest BCUT2D eigenvalue weighted by Crippen LogP contribution is 1.89. The molecule has 10 heavy (non-hydrogen) atoms. The van der Waals surface area contributed by atoms with Gasteiger partial charge < -0.3 is 9.89 Å². The lowest BCUT2D eigenvalue weighted by molar-refractivity contribution is 0.350. The molecule has 0 heterocycles. The van der Waals surface area contributed by atoms with Crippen LogP contribution in [0.4, 0.5) is 0 Å². The molecule has 0 saturated carbocycles. The van der Waals surface area contributed by atoms with Gasteiger partial charge in [-0.1, -0.05) is 6.92 Å². The summed E-state index contributed by atoms with van der Waals surface area (Å²) in [4.78, 5) is 6.22. The zero-order valence-corrected chi connectivity index (χ0v) is 7.30. The second-order valence-electron chi connectivity index (χ2n) is 2.48. The van der Waals surface area contributed by atoms with Gasteiger partial charge in [0.15, 0.2) is 0 Å². The van der Waals surface area contributed by atoms with Crippen molar-refractivity contribution in [1.82, 2.24) is 4.90 Å². The van der Waals surface area contributed by atoms with Crippen LogP contribution in [-0.2, 0) is 0 Å². The van der Waals surface area contributed by atoms with Crippen LogP contribution in [0.5, 0.6) is 0 Å². The van der Waals surface area contributed by atoms with E-state index in [1.807, 2.05) is 13.3 Å². The fraction of sp³-hybridized carbons (Fsp3) is 0.875. The highest BCUT2D eigenvalue weighted by Gasteiger charge is 1.90. The summed E-state index contributed by atoms with van der Waals surface area (Å²) in [5.41, 5.74) is 0. The van der Waals surface area contributed by atoms with Gasteiger partial charge in [0.1, 0.15) is 0 Å². The minimum atomic E-state index is 1.11. The van der Waals surface area contributed by atoms with Crippen molar-refractivity contribution in [2.45, 2.75) is 19.8 Å². The van der Waals surface area contributed by atoms with Crippen molar-refractivity contribution in [2.24, 2.45) is 4.99 Å². The predicted molar refractivity (Wildman–Crippen MR) is 46.8 cm³/mol. The number of unbranched alkanes of at least 4 members (excludes halogenated alkanes) is 1. The fourth-order valence-corrected chi connectivity index (χ4v) is 0.740. The van der Waals surface area contributed by atoms with Gasteiger partial charge in [-0.15, -0.1) is 0 Å². The Hall–Kier alpha value is -0.370. The molecule has 0 aromatic carbocycles. The van der Waals surface area contributed by atoms with Gasteiger partial charge in [0.2, 0.25) is 0 Å². The molecular formula is C8H18N2. The molecule has 0 fully saturated rings. The SMILES string of the molecule is CCN(C)CCCC=NC. The van der Waals surface area contributed by atoms with E-state index >= 15 is 0 Å². The predicted octanol–water partition coefficient (Wildman–Crippen LogP) is 1.42. The fourth-order valence-electron chi connectivity index (χ4n) is 0.740. The number of aliphatic imine (C=N–C) groups is 1. The first-order chi connectivity index (χ1) is 4.81. The summed E-state index contributed by atoms with van der Waals surface area (Å²) in [7, 11) is 3.96. The molecule has 0 unspecified atom stereocenters. The normalized spacial score (nSPS) is 11.6. The standard InChI is InChI=1S/C8H18N2/c1-4-10(3)8-6-5-7-9-2/h7H,4-6,8H2,1-3H3. The Balaban J connectivity index is 3.03. The van der Waals surface area contributed by atoms with Crippen molar-refractivity contribution >= 4 is 6.21 Å². The molecule has 0 radical (unpaired) electrons. The average molecular weight is 142 g/mol. The molecule has 0 amide bonds. The number of nitrogens with zero attached hydrogens (tertiary/aromatic N) is 2. The van der Waals surface area contributed by atoms with Crippen molar-refractivity contribution in [3.8, 4) is 0 Å². The maximum Gasteiger partial charge on any atom is 0.0273 e.